The molecule has 1 heterocycles. The Balaban J connectivity index is 2.59. The van der Waals surface area contributed by atoms with Crippen molar-refractivity contribution in [1.82, 2.24) is 10.4 Å². The van der Waals surface area contributed by atoms with Crippen molar-refractivity contribution < 1.29 is 0 Å². The summed E-state index contributed by atoms with van der Waals surface area (Å²) in [5, 5.41) is 3.84. The lowest BCUT2D eigenvalue weighted by Gasteiger charge is -1.94. The summed E-state index contributed by atoms with van der Waals surface area (Å²) in [7, 11) is 0. The Hall–Kier alpha value is -1.69. The highest BCUT2D eigenvalue weighted by Crippen LogP contribution is 1.97. The molecule has 0 bridgehead atoms. The first-order chi connectivity index (χ1) is 6.18. The summed E-state index contributed by atoms with van der Waals surface area (Å²) >= 11 is 4.54. The lowest BCUT2D eigenvalue weighted by atomic mass is 10.3. The maximum absolute atomic E-state index is 5.44. The van der Waals surface area contributed by atoms with Crippen LogP contribution in [-0.2, 0) is 0 Å². The molecule has 68 valence electrons. The summed E-state index contributed by atoms with van der Waals surface area (Å²) < 4.78 is 0. The van der Waals surface area contributed by atoms with Crippen LogP contribution in [0, 0.1) is 0 Å². The molecule has 0 unspecified atom stereocenters. The molecule has 0 aliphatic rings. The number of hydrazone groups is 1. The zero-order chi connectivity index (χ0) is 9.68. The largest absolute Gasteiger partial charge is 0.397 e. The topological polar surface area (TPSA) is 89.3 Å². The van der Waals surface area contributed by atoms with Gasteiger partial charge in [0, 0.05) is 0 Å². The average molecular weight is 195 g/mol. The molecule has 0 fully saturated rings. The number of nitrogens with two attached hydrogens (primary N) is 2. The van der Waals surface area contributed by atoms with Crippen molar-refractivity contribution in [3.05, 3.63) is 24.0 Å². The van der Waals surface area contributed by atoms with E-state index in [1.54, 1.807) is 18.3 Å². The number of hydrogen-bond donors (Lipinski definition) is 3. The first kappa shape index (κ1) is 9.40. The fourth-order valence-corrected chi connectivity index (χ4v) is 0.708. The summed E-state index contributed by atoms with van der Waals surface area (Å²) in [6, 6.07) is 3.47. The van der Waals surface area contributed by atoms with Crippen LogP contribution in [0.2, 0.25) is 0 Å². The van der Waals surface area contributed by atoms with E-state index in [4.69, 9.17) is 11.5 Å². The third-order valence-electron chi connectivity index (χ3n) is 1.18. The minimum absolute atomic E-state index is 0.117. The second-order valence-electron chi connectivity index (χ2n) is 2.25. The lowest BCUT2D eigenvalue weighted by molar-refractivity contribution is 1.04. The molecule has 0 radical (unpaired) electrons. The van der Waals surface area contributed by atoms with Gasteiger partial charge in [0.05, 0.1) is 23.8 Å². The molecule has 1 aromatic rings. The van der Waals surface area contributed by atoms with Crippen LogP contribution < -0.4 is 16.9 Å². The molecule has 0 aliphatic heterocycles. The van der Waals surface area contributed by atoms with Crippen LogP contribution in [0.4, 0.5) is 5.69 Å². The van der Waals surface area contributed by atoms with Crippen LogP contribution in [0.15, 0.2) is 23.4 Å². The van der Waals surface area contributed by atoms with Gasteiger partial charge in [0.15, 0.2) is 5.11 Å². The monoisotopic (exact) mass is 195 g/mol. The number of nitrogens with one attached hydrogen (secondary N) is 1. The average Bonchev–Trinajstić information content (AvgIpc) is 2.08. The Morgan fingerprint density at radius 2 is 2.38 bits per heavy atom. The molecule has 6 heteroatoms. The van der Waals surface area contributed by atoms with Crippen LogP contribution in [-0.4, -0.2) is 16.3 Å². The molecule has 0 atom stereocenters. The SMILES string of the molecule is NC(=S)N/N=C/c1ccc(N)cn1. The van der Waals surface area contributed by atoms with Gasteiger partial charge in [-0.2, -0.15) is 5.10 Å². The van der Waals surface area contributed by atoms with E-state index in [0.29, 0.717) is 11.4 Å². The van der Waals surface area contributed by atoms with Crippen molar-refractivity contribution in [2.45, 2.75) is 0 Å². The molecule has 5 N–H and O–H groups in total. The number of aromatic nitrogens is 1. The summed E-state index contributed by atoms with van der Waals surface area (Å²) in [6.45, 7) is 0. The number of nitrogens with zero attached hydrogens (tertiary/aromatic N) is 2. The van der Waals surface area contributed by atoms with E-state index >= 15 is 0 Å². The number of hydrogen-bond acceptors (Lipinski definition) is 4. The number of anilines is 1. The standard InChI is InChI=1S/C7H9N5S/c8-5-1-2-6(10-3-5)4-11-12-7(9)13/h1-4H,8H2,(H3,9,12,13)/b11-4+. The molecular weight excluding hydrogens is 186 g/mol. The van der Waals surface area contributed by atoms with Crippen molar-refractivity contribution >= 4 is 29.2 Å². The normalized spacial score (nSPS) is 10.2. The molecule has 0 amide bonds. The highest BCUT2D eigenvalue weighted by molar-refractivity contribution is 7.80. The third kappa shape index (κ3) is 3.48. The van der Waals surface area contributed by atoms with Crippen LogP contribution in [0.25, 0.3) is 0 Å². The van der Waals surface area contributed by atoms with Crippen molar-refractivity contribution in [3.63, 3.8) is 0 Å². The molecule has 5 nitrogen and oxygen atoms in total. The maximum atomic E-state index is 5.44. The van der Waals surface area contributed by atoms with Gasteiger partial charge in [-0.25, -0.2) is 0 Å². The second kappa shape index (κ2) is 4.36. The van der Waals surface area contributed by atoms with E-state index in [-0.39, 0.29) is 5.11 Å². The van der Waals surface area contributed by atoms with Gasteiger partial charge in [-0.1, -0.05) is 0 Å². The van der Waals surface area contributed by atoms with E-state index in [0.717, 1.165) is 0 Å². The van der Waals surface area contributed by atoms with Crippen LogP contribution in [0.3, 0.4) is 0 Å². The summed E-state index contributed by atoms with van der Waals surface area (Å²) in [5.41, 5.74) is 14.3. The van der Waals surface area contributed by atoms with Crippen LogP contribution in [0.1, 0.15) is 5.69 Å². The smallest absolute Gasteiger partial charge is 0.184 e. The van der Waals surface area contributed by atoms with Crippen molar-refractivity contribution in [3.8, 4) is 0 Å². The van der Waals surface area contributed by atoms with Gasteiger partial charge in [-0.3, -0.25) is 10.4 Å². The van der Waals surface area contributed by atoms with Crippen molar-refractivity contribution in [2.24, 2.45) is 10.8 Å². The van der Waals surface area contributed by atoms with Crippen molar-refractivity contribution in [2.75, 3.05) is 5.73 Å². The Morgan fingerprint density at radius 1 is 1.62 bits per heavy atom. The number of rotatable bonds is 2. The molecule has 0 aromatic carbocycles. The molecule has 1 rings (SSSR count). The number of pyridine rings is 1. The Bertz CT molecular complexity index is 318. The third-order valence-corrected chi connectivity index (χ3v) is 1.27. The van der Waals surface area contributed by atoms with Crippen LogP contribution >= 0.6 is 12.2 Å². The second-order valence-corrected chi connectivity index (χ2v) is 2.69. The molecule has 1 aromatic heterocycles. The maximum Gasteiger partial charge on any atom is 0.184 e. The molecule has 0 saturated carbocycles. The molecule has 0 saturated heterocycles. The van der Waals surface area contributed by atoms with Gasteiger partial charge < -0.3 is 11.5 Å². The number of thiocarbonyl (C=S) groups is 1. The highest BCUT2D eigenvalue weighted by Gasteiger charge is 1.88. The van der Waals surface area contributed by atoms with Gasteiger partial charge in [-0.05, 0) is 24.4 Å². The van der Waals surface area contributed by atoms with Gasteiger partial charge in [0.25, 0.3) is 0 Å². The predicted molar refractivity (Wildman–Crippen MR) is 56.2 cm³/mol. The molecule has 0 aliphatic carbocycles. The van der Waals surface area contributed by atoms with E-state index < -0.39 is 0 Å². The fourth-order valence-electron chi connectivity index (χ4n) is 0.655. The Morgan fingerprint density at radius 3 is 2.92 bits per heavy atom. The van der Waals surface area contributed by atoms with E-state index in [2.05, 4.69) is 27.7 Å². The zero-order valence-electron chi connectivity index (χ0n) is 6.77. The first-order valence-corrected chi connectivity index (χ1v) is 3.89. The Labute approximate surface area is 80.8 Å². The summed E-state index contributed by atoms with van der Waals surface area (Å²) in [4.78, 5) is 3.98. The molecule has 13 heavy (non-hydrogen) atoms. The Kier molecular flexibility index (Phi) is 3.15. The van der Waals surface area contributed by atoms with Crippen molar-refractivity contribution in [1.29, 1.82) is 0 Å². The van der Waals surface area contributed by atoms with E-state index in [9.17, 15) is 0 Å². The minimum Gasteiger partial charge on any atom is -0.397 e. The summed E-state index contributed by atoms with van der Waals surface area (Å²) in [6.07, 6.45) is 3.04. The van der Waals surface area contributed by atoms with Gasteiger partial charge >= 0.3 is 0 Å². The van der Waals surface area contributed by atoms with E-state index in [1.165, 1.54) is 6.21 Å². The lowest BCUT2D eigenvalue weighted by Crippen LogP contribution is -2.24. The van der Waals surface area contributed by atoms with Gasteiger partial charge in [0.2, 0.25) is 0 Å². The van der Waals surface area contributed by atoms with E-state index in [1.807, 2.05) is 0 Å². The zero-order valence-corrected chi connectivity index (χ0v) is 7.58. The van der Waals surface area contributed by atoms with Gasteiger partial charge in [-0.15, -0.1) is 0 Å². The molecular formula is C7H9N5S. The van der Waals surface area contributed by atoms with Gasteiger partial charge in [0.1, 0.15) is 0 Å². The van der Waals surface area contributed by atoms with Crippen LogP contribution in [0.5, 0.6) is 0 Å². The highest BCUT2D eigenvalue weighted by atomic mass is 32.1. The summed E-state index contributed by atoms with van der Waals surface area (Å²) in [5.74, 6) is 0. The fraction of sp³-hybridized carbons (Fsp3) is 0. The molecule has 0 spiro atoms. The quantitative estimate of drug-likeness (QED) is 0.346. The minimum atomic E-state index is 0.117. The first-order valence-electron chi connectivity index (χ1n) is 3.48. The predicted octanol–water partition coefficient (Wildman–Crippen LogP) is -0.169. The number of nitrogen functional groups attached to an aromatic ring is 1.